The third kappa shape index (κ3) is 4.52. The van der Waals surface area contributed by atoms with E-state index in [1.54, 1.807) is 0 Å². The van der Waals surface area contributed by atoms with Crippen LogP contribution in [0, 0.1) is 5.92 Å². The van der Waals surface area contributed by atoms with E-state index in [1.165, 1.54) is 51.4 Å². The Balaban J connectivity index is 1.48. The summed E-state index contributed by atoms with van der Waals surface area (Å²) < 4.78 is 5.94. The summed E-state index contributed by atoms with van der Waals surface area (Å²) in [6, 6.07) is 0.671. The van der Waals surface area contributed by atoms with Crippen molar-refractivity contribution in [1.82, 2.24) is 5.32 Å². The molecule has 2 aliphatic rings. The zero-order valence-electron chi connectivity index (χ0n) is 11.7. The molecule has 0 heterocycles. The fourth-order valence-electron chi connectivity index (χ4n) is 3.43. The van der Waals surface area contributed by atoms with Crippen LogP contribution in [0.3, 0.4) is 0 Å². The van der Waals surface area contributed by atoms with Gasteiger partial charge in [0.1, 0.15) is 0 Å². The minimum absolute atomic E-state index is 0.557. The van der Waals surface area contributed by atoms with Crippen molar-refractivity contribution in [3.8, 4) is 0 Å². The van der Waals surface area contributed by atoms with Gasteiger partial charge >= 0.3 is 0 Å². The van der Waals surface area contributed by atoms with E-state index < -0.39 is 0 Å². The highest BCUT2D eigenvalue weighted by Crippen LogP contribution is 2.24. The zero-order chi connectivity index (χ0) is 12.6. The molecule has 0 saturated heterocycles. The molecule has 2 unspecified atom stereocenters. The van der Waals surface area contributed by atoms with Gasteiger partial charge in [-0.2, -0.15) is 0 Å². The Morgan fingerprint density at radius 3 is 2.61 bits per heavy atom. The molecule has 0 aromatic rings. The van der Waals surface area contributed by atoms with Crippen molar-refractivity contribution in [3.05, 3.63) is 0 Å². The van der Waals surface area contributed by atoms with E-state index in [4.69, 9.17) is 10.5 Å². The highest BCUT2D eigenvalue weighted by Gasteiger charge is 2.25. The third-order valence-electron chi connectivity index (χ3n) is 4.60. The quantitative estimate of drug-likeness (QED) is 0.686. The van der Waals surface area contributed by atoms with E-state index in [0.717, 1.165) is 26.1 Å². The Hall–Kier alpha value is -0.120. The molecule has 3 heteroatoms. The van der Waals surface area contributed by atoms with Crippen LogP contribution in [-0.2, 0) is 4.74 Å². The van der Waals surface area contributed by atoms with Crippen LogP contribution in [0.25, 0.3) is 0 Å². The molecule has 2 rings (SSSR count). The van der Waals surface area contributed by atoms with E-state index in [2.05, 4.69) is 5.32 Å². The lowest BCUT2D eigenvalue weighted by molar-refractivity contribution is 0.0270. The van der Waals surface area contributed by atoms with Crippen molar-refractivity contribution in [2.24, 2.45) is 11.7 Å². The van der Waals surface area contributed by atoms with Gasteiger partial charge < -0.3 is 15.8 Å². The van der Waals surface area contributed by atoms with Gasteiger partial charge in [0.15, 0.2) is 0 Å². The molecular formula is C15H30N2O. The predicted octanol–water partition coefficient (Wildman–Crippen LogP) is 2.44. The van der Waals surface area contributed by atoms with Crippen molar-refractivity contribution in [3.63, 3.8) is 0 Å². The summed E-state index contributed by atoms with van der Waals surface area (Å²) in [7, 11) is 0. The molecule has 3 N–H and O–H groups in total. The van der Waals surface area contributed by atoms with E-state index in [9.17, 15) is 0 Å². The molecule has 0 aliphatic heterocycles. The van der Waals surface area contributed by atoms with Crippen LogP contribution in [-0.4, -0.2) is 31.8 Å². The first kappa shape index (κ1) is 14.3. The first-order valence-corrected chi connectivity index (χ1v) is 7.95. The Kier molecular flexibility index (Phi) is 6.46. The van der Waals surface area contributed by atoms with Crippen molar-refractivity contribution in [2.45, 2.75) is 69.9 Å². The second-order valence-electron chi connectivity index (χ2n) is 5.97. The second-order valence-corrected chi connectivity index (χ2v) is 5.97. The average Bonchev–Trinajstić information content (AvgIpc) is 2.87. The molecule has 0 radical (unpaired) electrons. The zero-order valence-corrected chi connectivity index (χ0v) is 11.7. The summed E-state index contributed by atoms with van der Waals surface area (Å²) in [6.07, 6.45) is 12.4. The summed E-state index contributed by atoms with van der Waals surface area (Å²) in [5.74, 6) is 0.712. The van der Waals surface area contributed by atoms with Gasteiger partial charge in [-0.15, -0.1) is 0 Å². The Labute approximate surface area is 112 Å². The van der Waals surface area contributed by atoms with Crippen molar-refractivity contribution < 1.29 is 4.74 Å². The van der Waals surface area contributed by atoms with Crippen LogP contribution >= 0.6 is 0 Å². The molecule has 2 aliphatic carbocycles. The van der Waals surface area contributed by atoms with Crippen LogP contribution in [0.15, 0.2) is 0 Å². The van der Waals surface area contributed by atoms with Gasteiger partial charge in [0.2, 0.25) is 0 Å². The van der Waals surface area contributed by atoms with E-state index >= 15 is 0 Å². The molecule has 2 saturated carbocycles. The first-order valence-electron chi connectivity index (χ1n) is 7.95. The van der Waals surface area contributed by atoms with E-state index in [1.807, 2.05) is 0 Å². The summed E-state index contributed by atoms with van der Waals surface area (Å²) in [5.41, 5.74) is 5.79. The molecular weight excluding hydrogens is 224 g/mol. The van der Waals surface area contributed by atoms with Gasteiger partial charge in [0.25, 0.3) is 0 Å². The lowest BCUT2D eigenvalue weighted by Crippen LogP contribution is -2.36. The highest BCUT2D eigenvalue weighted by molar-refractivity contribution is 4.83. The summed E-state index contributed by atoms with van der Waals surface area (Å²) in [6.45, 7) is 2.86. The Morgan fingerprint density at radius 1 is 1.00 bits per heavy atom. The molecule has 18 heavy (non-hydrogen) atoms. The van der Waals surface area contributed by atoms with Gasteiger partial charge in [-0.3, -0.25) is 0 Å². The average molecular weight is 254 g/mol. The van der Waals surface area contributed by atoms with Gasteiger partial charge in [-0.1, -0.05) is 25.7 Å². The molecule has 0 bridgehead atoms. The smallest absolute Gasteiger partial charge is 0.0575 e. The number of ether oxygens (including phenoxy) is 1. The van der Waals surface area contributed by atoms with E-state index in [0.29, 0.717) is 18.1 Å². The SMILES string of the molecule is NCC1CCCC1NCCCOC1CCCCC1. The molecule has 2 atom stereocenters. The number of hydrogen-bond donors (Lipinski definition) is 2. The van der Waals surface area contributed by atoms with Gasteiger partial charge in [0.05, 0.1) is 6.10 Å². The summed E-state index contributed by atoms with van der Waals surface area (Å²) in [4.78, 5) is 0. The summed E-state index contributed by atoms with van der Waals surface area (Å²) in [5, 5.41) is 3.66. The van der Waals surface area contributed by atoms with Crippen molar-refractivity contribution in [1.29, 1.82) is 0 Å². The topological polar surface area (TPSA) is 47.3 Å². The van der Waals surface area contributed by atoms with Crippen LogP contribution in [0.1, 0.15) is 57.8 Å². The molecule has 3 nitrogen and oxygen atoms in total. The second kappa shape index (κ2) is 8.13. The Bertz CT molecular complexity index is 217. The molecule has 0 aromatic carbocycles. The fourth-order valence-corrected chi connectivity index (χ4v) is 3.43. The largest absolute Gasteiger partial charge is 0.378 e. The van der Waals surface area contributed by atoms with Crippen molar-refractivity contribution in [2.75, 3.05) is 19.7 Å². The molecule has 0 aromatic heterocycles. The first-order chi connectivity index (χ1) is 8.90. The Morgan fingerprint density at radius 2 is 1.83 bits per heavy atom. The van der Waals surface area contributed by atoms with Gasteiger partial charge in [0, 0.05) is 12.6 Å². The number of hydrogen-bond acceptors (Lipinski definition) is 3. The fraction of sp³-hybridized carbons (Fsp3) is 1.00. The minimum Gasteiger partial charge on any atom is -0.378 e. The summed E-state index contributed by atoms with van der Waals surface area (Å²) >= 11 is 0. The molecule has 0 spiro atoms. The third-order valence-corrected chi connectivity index (χ3v) is 4.60. The maximum absolute atomic E-state index is 5.94. The van der Waals surface area contributed by atoms with Crippen LogP contribution in [0.5, 0.6) is 0 Å². The van der Waals surface area contributed by atoms with E-state index in [-0.39, 0.29) is 0 Å². The number of nitrogens with one attached hydrogen (secondary N) is 1. The normalized spacial score (nSPS) is 29.8. The molecule has 2 fully saturated rings. The predicted molar refractivity (Wildman–Crippen MR) is 75.6 cm³/mol. The maximum Gasteiger partial charge on any atom is 0.0575 e. The lowest BCUT2D eigenvalue weighted by atomic mass is 9.98. The highest BCUT2D eigenvalue weighted by atomic mass is 16.5. The monoisotopic (exact) mass is 254 g/mol. The van der Waals surface area contributed by atoms with Crippen LogP contribution < -0.4 is 11.1 Å². The lowest BCUT2D eigenvalue weighted by Gasteiger charge is -2.23. The van der Waals surface area contributed by atoms with Gasteiger partial charge in [-0.25, -0.2) is 0 Å². The minimum atomic E-state index is 0.557. The van der Waals surface area contributed by atoms with Gasteiger partial charge in [-0.05, 0) is 51.1 Å². The number of nitrogens with two attached hydrogens (primary N) is 1. The van der Waals surface area contributed by atoms with Crippen molar-refractivity contribution >= 4 is 0 Å². The molecule has 106 valence electrons. The van der Waals surface area contributed by atoms with Crippen LogP contribution in [0.4, 0.5) is 0 Å². The van der Waals surface area contributed by atoms with Crippen LogP contribution in [0.2, 0.25) is 0 Å². The maximum atomic E-state index is 5.94. The number of rotatable bonds is 7. The standard InChI is InChI=1S/C15H30N2O/c16-12-13-6-4-9-15(13)17-10-5-11-18-14-7-2-1-3-8-14/h13-15,17H,1-12,16H2. The molecule has 0 amide bonds.